The van der Waals surface area contributed by atoms with Gasteiger partial charge in [0.1, 0.15) is 11.6 Å². The maximum absolute atomic E-state index is 12.4. The van der Waals surface area contributed by atoms with Gasteiger partial charge in [0.15, 0.2) is 11.5 Å². The van der Waals surface area contributed by atoms with Crippen molar-refractivity contribution in [2.75, 3.05) is 19.0 Å². The van der Waals surface area contributed by atoms with E-state index in [4.69, 9.17) is 32.7 Å². The van der Waals surface area contributed by atoms with Gasteiger partial charge in [0.05, 0.1) is 24.4 Å². The zero-order valence-electron chi connectivity index (χ0n) is 15.6. The number of ether oxygens (including phenoxy) is 2. The van der Waals surface area contributed by atoms with Gasteiger partial charge in [-0.15, -0.1) is 0 Å². The van der Waals surface area contributed by atoms with Gasteiger partial charge in [-0.1, -0.05) is 42.6 Å². The summed E-state index contributed by atoms with van der Waals surface area (Å²) in [5.41, 5.74) is 0.927. The lowest BCUT2D eigenvalue weighted by Crippen LogP contribution is -2.13. The highest BCUT2D eigenvalue weighted by Gasteiger charge is 2.13. The van der Waals surface area contributed by atoms with Gasteiger partial charge in [-0.25, -0.2) is 0 Å². The topological polar surface area (TPSA) is 71.3 Å². The Bertz CT molecular complexity index is 920. The Hall–Kier alpha value is -2.68. The molecule has 5 nitrogen and oxygen atoms in total. The number of hydrogen-bond acceptors (Lipinski definition) is 4. The van der Waals surface area contributed by atoms with E-state index in [0.717, 1.165) is 12.8 Å². The van der Waals surface area contributed by atoms with Crippen LogP contribution in [-0.4, -0.2) is 19.6 Å². The second kappa shape index (κ2) is 10.6. The number of halogens is 2. The third-order valence-corrected chi connectivity index (χ3v) is 4.35. The molecule has 0 bridgehead atoms. The summed E-state index contributed by atoms with van der Waals surface area (Å²) in [6.07, 6.45) is 3.44. The van der Waals surface area contributed by atoms with Gasteiger partial charge < -0.3 is 14.8 Å². The summed E-state index contributed by atoms with van der Waals surface area (Å²) in [4.78, 5) is 12.4. The number of hydrogen-bond donors (Lipinski definition) is 1. The third kappa shape index (κ3) is 5.91. The molecule has 0 heterocycles. The Morgan fingerprint density at radius 2 is 2.00 bits per heavy atom. The summed E-state index contributed by atoms with van der Waals surface area (Å²) in [7, 11) is 1.54. The van der Waals surface area contributed by atoms with Crippen LogP contribution in [0, 0.1) is 11.3 Å². The van der Waals surface area contributed by atoms with Crippen molar-refractivity contribution in [2.45, 2.75) is 19.8 Å². The van der Waals surface area contributed by atoms with Crippen molar-refractivity contribution in [3.05, 3.63) is 57.6 Å². The van der Waals surface area contributed by atoms with E-state index in [1.165, 1.54) is 19.3 Å². The predicted molar refractivity (Wildman–Crippen MR) is 112 cm³/mol. The van der Waals surface area contributed by atoms with Crippen LogP contribution in [0.15, 0.2) is 42.0 Å². The van der Waals surface area contributed by atoms with Crippen molar-refractivity contribution < 1.29 is 14.3 Å². The fourth-order valence-electron chi connectivity index (χ4n) is 2.32. The third-order valence-electron chi connectivity index (χ3n) is 3.80. The lowest BCUT2D eigenvalue weighted by Gasteiger charge is -2.11. The Balaban J connectivity index is 2.20. The lowest BCUT2D eigenvalue weighted by atomic mass is 10.1. The number of unbranched alkanes of at least 4 members (excludes halogenated alkanes) is 1. The second-order valence-electron chi connectivity index (χ2n) is 5.86. The highest BCUT2D eigenvalue weighted by molar-refractivity contribution is 6.36. The van der Waals surface area contributed by atoms with Crippen LogP contribution < -0.4 is 14.8 Å². The number of nitriles is 1. The molecule has 1 N–H and O–H groups in total. The molecule has 0 unspecified atom stereocenters. The normalized spacial score (nSPS) is 10.9. The molecule has 0 aliphatic carbocycles. The summed E-state index contributed by atoms with van der Waals surface area (Å²) in [6.45, 7) is 2.68. The number of amides is 1. The molecule has 0 aliphatic rings. The lowest BCUT2D eigenvalue weighted by molar-refractivity contribution is -0.112. The Labute approximate surface area is 174 Å². The van der Waals surface area contributed by atoms with Crippen molar-refractivity contribution in [1.82, 2.24) is 0 Å². The van der Waals surface area contributed by atoms with Crippen LogP contribution in [0.4, 0.5) is 5.69 Å². The Kier molecular flexibility index (Phi) is 8.19. The highest BCUT2D eigenvalue weighted by atomic mass is 35.5. The molecule has 7 heteroatoms. The number of rotatable bonds is 8. The van der Waals surface area contributed by atoms with Crippen molar-refractivity contribution in [3.63, 3.8) is 0 Å². The molecule has 0 saturated carbocycles. The van der Waals surface area contributed by atoms with E-state index in [-0.39, 0.29) is 10.6 Å². The van der Waals surface area contributed by atoms with Crippen LogP contribution in [0.25, 0.3) is 6.08 Å². The van der Waals surface area contributed by atoms with Crippen molar-refractivity contribution in [2.24, 2.45) is 0 Å². The zero-order chi connectivity index (χ0) is 20.5. The van der Waals surface area contributed by atoms with E-state index < -0.39 is 5.91 Å². The molecular formula is C21H20Cl2N2O3. The van der Waals surface area contributed by atoms with Crippen LogP contribution in [0.1, 0.15) is 25.3 Å². The molecule has 1 amide bonds. The van der Waals surface area contributed by atoms with Gasteiger partial charge >= 0.3 is 0 Å². The van der Waals surface area contributed by atoms with Crippen molar-refractivity contribution >= 4 is 40.9 Å². The molecule has 0 atom stereocenters. The number of carbonyl (C=O) groups is 1. The monoisotopic (exact) mass is 418 g/mol. The molecular weight excluding hydrogens is 399 g/mol. The largest absolute Gasteiger partial charge is 0.493 e. The fourth-order valence-corrected chi connectivity index (χ4v) is 2.77. The molecule has 0 saturated heterocycles. The molecule has 0 spiro atoms. The summed E-state index contributed by atoms with van der Waals surface area (Å²) in [5.74, 6) is 0.571. The van der Waals surface area contributed by atoms with E-state index in [2.05, 4.69) is 12.2 Å². The molecule has 2 aromatic rings. The molecule has 0 aliphatic heterocycles. The van der Waals surface area contributed by atoms with Gasteiger partial charge in [0, 0.05) is 5.02 Å². The smallest absolute Gasteiger partial charge is 0.266 e. The minimum Gasteiger partial charge on any atom is -0.493 e. The zero-order valence-corrected chi connectivity index (χ0v) is 17.1. The number of carbonyl (C=O) groups excluding carboxylic acids is 1. The quantitative estimate of drug-likeness (QED) is 0.337. The van der Waals surface area contributed by atoms with Gasteiger partial charge in [0.2, 0.25) is 0 Å². The first-order valence-electron chi connectivity index (χ1n) is 8.67. The minimum absolute atomic E-state index is 0.0762. The van der Waals surface area contributed by atoms with E-state index in [1.54, 1.807) is 30.3 Å². The number of benzene rings is 2. The molecule has 2 aromatic carbocycles. The maximum Gasteiger partial charge on any atom is 0.266 e. The molecule has 0 radical (unpaired) electrons. The molecule has 146 valence electrons. The first kappa shape index (κ1) is 21.6. The van der Waals surface area contributed by atoms with Crippen LogP contribution in [0.5, 0.6) is 11.5 Å². The van der Waals surface area contributed by atoms with Crippen molar-refractivity contribution in [3.8, 4) is 17.6 Å². The van der Waals surface area contributed by atoms with E-state index >= 15 is 0 Å². The van der Waals surface area contributed by atoms with Gasteiger partial charge in [-0.05, 0) is 48.4 Å². The maximum atomic E-state index is 12.4. The number of nitrogens with zero attached hydrogens (tertiary/aromatic N) is 1. The van der Waals surface area contributed by atoms with Crippen LogP contribution in [-0.2, 0) is 4.79 Å². The van der Waals surface area contributed by atoms with Crippen LogP contribution in [0.3, 0.4) is 0 Å². The van der Waals surface area contributed by atoms with Crippen LogP contribution in [0.2, 0.25) is 10.0 Å². The van der Waals surface area contributed by atoms with Gasteiger partial charge in [-0.2, -0.15) is 5.26 Å². The SMILES string of the molecule is CCCCOc1ccc(/C=C(\C#N)C(=O)Nc2ccc(Cl)cc2Cl)cc1OC. The standard InChI is InChI=1S/C21H20Cl2N2O3/c1-3-4-9-28-19-8-5-14(11-20(19)27-2)10-15(13-24)21(26)25-18-7-6-16(22)12-17(18)23/h5-8,10-12H,3-4,9H2,1-2H3,(H,25,26)/b15-10+. The highest BCUT2D eigenvalue weighted by Crippen LogP contribution is 2.30. The number of nitrogens with one attached hydrogen (secondary N) is 1. The summed E-state index contributed by atoms with van der Waals surface area (Å²) < 4.78 is 11.0. The summed E-state index contributed by atoms with van der Waals surface area (Å²) in [6, 6.07) is 11.8. The first-order chi connectivity index (χ1) is 13.5. The van der Waals surface area contributed by atoms with E-state index in [9.17, 15) is 10.1 Å². The molecule has 0 fully saturated rings. The van der Waals surface area contributed by atoms with E-state index in [1.807, 2.05) is 6.07 Å². The Morgan fingerprint density at radius 1 is 1.21 bits per heavy atom. The molecule has 0 aromatic heterocycles. The fraction of sp³-hybridized carbons (Fsp3) is 0.238. The van der Waals surface area contributed by atoms with E-state index in [0.29, 0.717) is 34.4 Å². The minimum atomic E-state index is -0.575. The number of anilines is 1. The van der Waals surface area contributed by atoms with Gasteiger partial charge in [0.25, 0.3) is 5.91 Å². The van der Waals surface area contributed by atoms with Gasteiger partial charge in [-0.3, -0.25) is 4.79 Å². The Morgan fingerprint density at radius 3 is 2.64 bits per heavy atom. The molecule has 28 heavy (non-hydrogen) atoms. The summed E-state index contributed by atoms with van der Waals surface area (Å²) >= 11 is 11.9. The van der Waals surface area contributed by atoms with Crippen molar-refractivity contribution in [1.29, 1.82) is 5.26 Å². The number of methoxy groups -OCH3 is 1. The second-order valence-corrected chi connectivity index (χ2v) is 6.70. The molecule has 2 rings (SSSR count). The predicted octanol–water partition coefficient (Wildman–Crippen LogP) is 5.73. The average molecular weight is 419 g/mol. The average Bonchev–Trinajstić information content (AvgIpc) is 2.69. The first-order valence-corrected chi connectivity index (χ1v) is 9.43. The van der Waals surface area contributed by atoms with Crippen LogP contribution >= 0.6 is 23.2 Å². The summed E-state index contributed by atoms with van der Waals surface area (Å²) in [5, 5.41) is 12.7.